The van der Waals surface area contributed by atoms with Crippen molar-refractivity contribution in [1.29, 1.82) is 0 Å². The van der Waals surface area contributed by atoms with E-state index in [0.717, 1.165) is 67.5 Å². The maximum atomic E-state index is 5.72. The van der Waals surface area contributed by atoms with Gasteiger partial charge in [0.2, 0.25) is 0 Å². The minimum absolute atomic E-state index is 0.382. The molecular formula is C23H31N7O. The Bertz CT molecular complexity index is 1020. The molecule has 3 atom stereocenters. The Labute approximate surface area is 182 Å². The Morgan fingerprint density at radius 2 is 2.06 bits per heavy atom. The van der Waals surface area contributed by atoms with E-state index in [1.165, 1.54) is 5.56 Å². The summed E-state index contributed by atoms with van der Waals surface area (Å²) in [6.07, 6.45) is 5.89. The number of aromatic nitrogens is 4. The molecule has 8 heteroatoms. The van der Waals surface area contributed by atoms with Crippen molar-refractivity contribution in [3.8, 4) is 0 Å². The molecule has 0 radical (unpaired) electrons. The van der Waals surface area contributed by atoms with Gasteiger partial charge in [-0.05, 0) is 44.4 Å². The number of anilines is 2. The number of rotatable bonds is 5. The Kier molecular flexibility index (Phi) is 5.74. The van der Waals surface area contributed by atoms with Crippen LogP contribution in [0.1, 0.15) is 43.9 Å². The predicted molar refractivity (Wildman–Crippen MR) is 123 cm³/mol. The normalized spacial score (nSPS) is 24.5. The van der Waals surface area contributed by atoms with Crippen LogP contribution in [0.5, 0.6) is 0 Å². The molecule has 5 rings (SSSR count). The molecule has 0 amide bonds. The second kappa shape index (κ2) is 8.80. The van der Waals surface area contributed by atoms with Crippen LogP contribution in [0.3, 0.4) is 0 Å². The van der Waals surface area contributed by atoms with Gasteiger partial charge in [-0.1, -0.05) is 6.07 Å². The standard InChI is InChI=1S/C23H31N7O/c1-15-11-30(12-16(2)28-15)20-7-3-6-18(29-20)9-24-22-21-19(17-5-4-8-31-13-17)10-25-23(21)27-14-26-22/h3,6-7,10,14-17,28H,4-5,8-9,11-13H2,1-2H3,(H2,24,25,26,27)/t15-,16+,17?. The highest BCUT2D eigenvalue weighted by atomic mass is 16.5. The first kappa shape index (κ1) is 20.2. The van der Waals surface area contributed by atoms with Gasteiger partial charge in [0.25, 0.3) is 0 Å². The van der Waals surface area contributed by atoms with Gasteiger partial charge >= 0.3 is 0 Å². The van der Waals surface area contributed by atoms with Crippen LogP contribution < -0.4 is 15.5 Å². The third-order valence-corrected chi connectivity index (χ3v) is 6.21. The number of nitrogens with zero attached hydrogens (tertiary/aromatic N) is 4. The second-order valence-corrected chi connectivity index (χ2v) is 8.82. The maximum Gasteiger partial charge on any atom is 0.143 e. The molecule has 164 valence electrons. The van der Waals surface area contributed by atoms with Gasteiger partial charge in [0.1, 0.15) is 23.6 Å². The van der Waals surface area contributed by atoms with E-state index in [1.807, 2.05) is 0 Å². The van der Waals surface area contributed by atoms with Crippen molar-refractivity contribution in [3.63, 3.8) is 0 Å². The minimum Gasteiger partial charge on any atom is -0.381 e. The number of piperazine rings is 1. The van der Waals surface area contributed by atoms with Crippen LogP contribution in [-0.2, 0) is 11.3 Å². The number of hydrogen-bond acceptors (Lipinski definition) is 7. The number of pyridine rings is 1. The van der Waals surface area contributed by atoms with E-state index < -0.39 is 0 Å². The van der Waals surface area contributed by atoms with E-state index in [0.29, 0.717) is 24.5 Å². The van der Waals surface area contributed by atoms with E-state index in [-0.39, 0.29) is 0 Å². The lowest BCUT2D eigenvalue weighted by atomic mass is 9.94. The van der Waals surface area contributed by atoms with Crippen molar-refractivity contribution in [1.82, 2.24) is 25.3 Å². The van der Waals surface area contributed by atoms with Crippen molar-refractivity contribution in [2.45, 2.75) is 51.2 Å². The molecule has 3 aromatic heterocycles. The zero-order chi connectivity index (χ0) is 21.2. The molecule has 1 unspecified atom stereocenters. The summed E-state index contributed by atoms with van der Waals surface area (Å²) in [7, 11) is 0. The SMILES string of the molecule is C[C@@H]1CN(c2cccc(CNc3ncnc4[nH]cc(C5CCCOC5)c34)n2)C[C@H](C)N1. The summed E-state index contributed by atoms with van der Waals surface area (Å²) < 4.78 is 5.72. The Morgan fingerprint density at radius 3 is 2.87 bits per heavy atom. The molecule has 0 bridgehead atoms. The van der Waals surface area contributed by atoms with Crippen molar-refractivity contribution in [3.05, 3.63) is 42.0 Å². The van der Waals surface area contributed by atoms with E-state index in [2.05, 4.69) is 68.7 Å². The van der Waals surface area contributed by atoms with Crippen LogP contribution in [0.2, 0.25) is 0 Å². The number of H-pyrrole nitrogens is 1. The minimum atomic E-state index is 0.382. The van der Waals surface area contributed by atoms with Crippen LogP contribution >= 0.6 is 0 Å². The topological polar surface area (TPSA) is 91.0 Å². The molecule has 5 heterocycles. The summed E-state index contributed by atoms with van der Waals surface area (Å²) in [5, 5.41) is 8.16. The molecule has 0 aromatic carbocycles. The van der Waals surface area contributed by atoms with Crippen LogP contribution in [0, 0.1) is 0 Å². The largest absolute Gasteiger partial charge is 0.381 e. The summed E-state index contributed by atoms with van der Waals surface area (Å²) in [5.74, 6) is 2.27. The monoisotopic (exact) mass is 421 g/mol. The highest BCUT2D eigenvalue weighted by Crippen LogP contribution is 2.33. The fourth-order valence-electron chi connectivity index (χ4n) is 4.86. The number of ether oxygens (including phenoxy) is 1. The zero-order valence-electron chi connectivity index (χ0n) is 18.3. The Morgan fingerprint density at radius 1 is 1.19 bits per heavy atom. The number of aromatic amines is 1. The van der Waals surface area contributed by atoms with Crippen LogP contribution in [0.15, 0.2) is 30.7 Å². The predicted octanol–water partition coefficient (Wildman–Crippen LogP) is 3.05. The van der Waals surface area contributed by atoms with Gasteiger partial charge in [-0.15, -0.1) is 0 Å². The fraction of sp³-hybridized carbons (Fsp3) is 0.522. The highest BCUT2D eigenvalue weighted by molar-refractivity contribution is 5.90. The molecule has 2 fully saturated rings. The van der Waals surface area contributed by atoms with Crippen LogP contribution in [0.25, 0.3) is 11.0 Å². The number of fused-ring (bicyclic) bond motifs is 1. The van der Waals surface area contributed by atoms with Crippen molar-refractivity contribution in [2.24, 2.45) is 0 Å². The molecule has 3 N–H and O–H groups in total. The van der Waals surface area contributed by atoms with E-state index in [9.17, 15) is 0 Å². The second-order valence-electron chi connectivity index (χ2n) is 8.82. The van der Waals surface area contributed by atoms with E-state index in [1.54, 1.807) is 6.33 Å². The summed E-state index contributed by atoms with van der Waals surface area (Å²) in [4.78, 5) is 19.6. The maximum absolute atomic E-state index is 5.72. The molecule has 2 saturated heterocycles. The quantitative estimate of drug-likeness (QED) is 0.583. The molecule has 0 spiro atoms. The van der Waals surface area contributed by atoms with Crippen molar-refractivity contribution >= 4 is 22.7 Å². The number of hydrogen-bond donors (Lipinski definition) is 3. The Balaban J connectivity index is 1.35. The molecule has 3 aromatic rings. The fourth-order valence-corrected chi connectivity index (χ4v) is 4.86. The van der Waals surface area contributed by atoms with E-state index in [4.69, 9.17) is 9.72 Å². The zero-order valence-corrected chi connectivity index (χ0v) is 18.3. The summed E-state index contributed by atoms with van der Waals surface area (Å²) in [5.41, 5.74) is 3.10. The average Bonchev–Trinajstić information content (AvgIpc) is 3.23. The molecular weight excluding hydrogens is 390 g/mol. The van der Waals surface area contributed by atoms with Crippen LogP contribution in [0.4, 0.5) is 11.6 Å². The molecule has 2 aliphatic rings. The lowest BCUT2D eigenvalue weighted by Crippen LogP contribution is -2.54. The molecule has 31 heavy (non-hydrogen) atoms. The third-order valence-electron chi connectivity index (χ3n) is 6.21. The van der Waals surface area contributed by atoms with Gasteiger partial charge in [0, 0.05) is 43.9 Å². The molecule has 0 saturated carbocycles. The summed E-state index contributed by atoms with van der Waals surface area (Å²) in [6, 6.07) is 7.17. The van der Waals surface area contributed by atoms with Crippen LogP contribution in [-0.4, -0.2) is 58.3 Å². The highest BCUT2D eigenvalue weighted by Gasteiger charge is 2.23. The van der Waals surface area contributed by atoms with Gasteiger partial charge in [0.05, 0.1) is 24.2 Å². The number of nitrogens with one attached hydrogen (secondary N) is 3. The molecule has 8 nitrogen and oxygen atoms in total. The van der Waals surface area contributed by atoms with Gasteiger partial charge < -0.3 is 25.3 Å². The Hall–Kier alpha value is -2.71. The van der Waals surface area contributed by atoms with Gasteiger partial charge in [-0.2, -0.15) is 0 Å². The first-order chi connectivity index (χ1) is 15.2. The van der Waals surface area contributed by atoms with Crippen molar-refractivity contribution in [2.75, 3.05) is 36.5 Å². The molecule has 2 aliphatic heterocycles. The average molecular weight is 422 g/mol. The van der Waals surface area contributed by atoms with E-state index >= 15 is 0 Å². The first-order valence-electron chi connectivity index (χ1n) is 11.3. The van der Waals surface area contributed by atoms with Gasteiger partial charge in [-0.25, -0.2) is 15.0 Å². The summed E-state index contributed by atoms with van der Waals surface area (Å²) >= 11 is 0. The molecule has 0 aliphatic carbocycles. The lowest BCUT2D eigenvalue weighted by Gasteiger charge is -2.37. The third kappa shape index (κ3) is 4.36. The van der Waals surface area contributed by atoms with Gasteiger partial charge in [0.15, 0.2) is 0 Å². The van der Waals surface area contributed by atoms with Crippen molar-refractivity contribution < 1.29 is 4.74 Å². The summed E-state index contributed by atoms with van der Waals surface area (Å²) in [6.45, 7) is 8.61. The lowest BCUT2D eigenvalue weighted by molar-refractivity contribution is 0.0808. The smallest absolute Gasteiger partial charge is 0.143 e. The first-order valence-corrected chi connectivity index (χ1v) is 11.3. The van der Waals surface area contributed by atoms with Gasteiger partial charge in [-0.3, -0.25) is 0 Å².